The lowest BCUT2D eigenvalue weighted by molar-refractivity contribution is 0.241. The molecule has 1 aliphatic carbocycles. The highest BCUT2D eigenvalue weighted by molar-refractivity contribution is 9.10. The van der Waals surface area contributed by atoms with E-state index in [1.54, 1.807) is 5.57 Å². The van der Waals surface area contributed by atoms with Crippen molar-refractivity contribution in [3.63, 3.8) is 0 Å². The summed E-state index contributed by atoms with van der Waals surface area (Å²) in [5.74, 6) is 0.918. The molecule has 0 aromatic heterocycles. The first-order valence-electron chi connectivity index (χ1n) is 7.99. The number of allylic oxidation sites excluding steroid dienone is 1. The number of rotatable bonds is 7. The zero-order valence-corrected chi connectivity index (χ0v) is 14.7. The quantitative estimate of drug-likeness (QED) is 0.537. The minimum atomic E-state index is 0.203. The van der Waals surface area contributed by atoms with Gasteiger partial charge in [0.25, 0.3) is 0 Å². The van der Waals surface area contributed by atoms with E-state index >= 15 is 0 Å². The van der Waals surface area contributed by atoms with E-state index in [1.165, 1.54) is 37.7 Å². The fourth-order valence-electron chi connectivity index (χ4n) is 2.62. The van der Waals surface area contributed by atoms with Crippen molar-refractivity contribution >= 4 is 15.9 Å². The Labute approximate surface area is 137 Å². The summed E-state index contributed by atoms with van der Waals surface area (Å²) in [6.07, 6.45) is 9.14. The van der Waals surface area contributed by atoms with Crippen LogP contribution in [0.15, 0.2) is 34.3 Å². The van der Waals surface area contributed by atoms with Crippen molar-refractivity contribution in [1.82, 2.24) is 5.32 Å². The SMILES string of the molecule is CC(C)Oc1ccc(CNCCC2=CCCCC2)cc1Br. The molecule has 0 radical (unpaired) electrons. The van der Waals surface area contributed by atoms with Gasteiger partial charge in [0, 0.05) is 6.54 Å². The van der Waals surface area contributed by atoms with Gasteiger partial charge in [0.1, 0.15) is 5.75 Å². The molecule has 0 unspecified atom stereocenters. The van der Waals surface area contributed by atoms with E-state index in [9.17, 15) is 0 Å². The maximum atomic E-state index is 5.73. The van der Waals surface area contributed by atoms with Crippen molar-refractivity contribution in [2.45, 2.75) is 58.6 Å². The molecule has 1 N–H and O–H groups in total. The zero-order valence-electron chi connectivity index (χ0n) is 13.1. The zero-order chi connectivity index (χ0) is 15.1. The van der Waals surface area contributed by atoms with E-state index in [1.807, 2.05) is 19.9 Å². The number of ether oxygens (including phenoxy) is 1. The second-order valence-electron chi connectivity index (χ2n) is 5.97. The van der Waals surface area contributed by atoms with Gasteiger partial charge in [0.15, 0.2) is 0 Å². The van der Waals surface area contributed by atoms with Crippen molar-refractivity contribution < 1.29 is 4.74 Å². The predicted molar refractivity (Wildman–Crippen MR) is 92.8 cm³/mol. The van der Waals surface area contributed by atoms with Crippen LogP contribution in [-0.4, -0.2) is 12.6 Å². The molecule has 0 saturated carbocycles. The van der Waals surface area contributed by atoms with Crippen LogP contribution >= 0.6 is 15.9 Å². The summed E-state index contributed by atoms with van der Waals surface area (Å²) in [4.78, 5) is 0. The summed E-state index contributed by atoms with van der Waals surface area (Å²) in [5.41, 5.74) is 2.92. The Hall–Kier alpha value is -0.800. The van der Waals surface area contributed by atoms with Crippen molar-refractivity contribution in [1.29, 1.82) is 0 Å². The molecule has 1 aromatic carbocycles. The Bertz CT molecular complexity index is 482. The molecule has 0 aliphatic heterocycles. The predicted octanol–water partition coefficient (Wildman–Crippen LogP) is 5.22. The Kier molecular flexibility index (Phi) is 6.78. The first-order valence-corrected chi connectivity index (χ1v) is 8.78. The Morgan fingerprint density at radius 3 is 2.81 bits per heavy atom. The molecule has 0 saturated heterocycles. The van der Waals surface area contributed by atoms with E-state index in [-0.39, 0.29) is 6.10 Å². The minimum Gasteiger partial charge on any atom is -0.490 e. The van der Waals surface area contributed by atoms with Gasteiger partial charge in [-0.3, -0.25) is 0 Å². The van der Waals surface area contributed by atoms with E-state index in [0.717, 1.165) is 23.3 Å². The fourth-order valence-corrected chi connectivity index (χ4v) is 3.14. The number of halogens is 1. The van der Waals surface area contributed by atoms with Crippen LogP contribution < -0.4 is 10.1 Å². The summed E-state index contributed by atoms with van der Waals surface area (Å²) in [6.45, 7) is 6.06. The van der Waals surface area contributed by atoms with Crippen molar-refractivity contribution in [3.8, 4) is 5.75 Å². The van der Waals surface area contributed by atoms with E-state index < -0.39 is 0 Å². The molecule has 0 fully saturated rings. The van der Waals surface area contributed by atoms with Crippen LogP contribution in [-0.2, 0) is 6.54 Å². The van der Waals surface area contributed by atoms with Gasteiger partial charge in [0.05, 0.1) is 10.6 Å². The van der Waals surface area contributed by atoms with Gasteiger partial charge in [-0.05, 0) is 86.1 Å². The third-order valence-electron chi connectivity index (χ3n) is 3.70. The van der Waals surface area contributed by atoms with E-state index in [0.29, 0.717) is 0 Å². The standard InChI is InChI=1S/C18H26BrNO/c1-14(2)21-18-9-8-16(12-17(18)19)13-20-11-10-15-6-4-3-5-7-15/h6,8-9,12,14,20H,3-5,7,10-11,13H2,1-2H3. The normalized spacial score (nSPS) is 15.1. The lowest BCUT2D eigenvalue weighted by atomic mass is 9.97. The molecule has 0 spiro atoms. The van der Waals surface area contributed by atoms with Crippen LogP contribution in [0.4, 0.5) is 0 Å². The van der Waals surface area contributed by atoms with Crippen LogP contribution in [0.5, 0.6) is 5.75 Å². The highest BCUT2D eigenvalue weighted by Gasteiger charge is 2.05. The second kappa shape index (κ2) is 8.60. The van der Waals surface area contributed by atoms with Crippen LogP contribution in [0, 0.1) is 0 Å². The molecule has 1 aromatic rings. The molecule has 116 valence electrons. The molecule has 0 atom stereocenters. The second-order valence-corrected chi connectivity index (χ2v) is 6.82. The lowest BCUT2D eigenvalue weighted by Gasteiger charge is -2.14. The minimum absolute atomic E-state index is 0.203. The Morgan fingerprint density at radius 1 is 1.29 bits per heavy atom. The lowest BCUT2D eigenvalue weighted by Crippen LogP contribution is -2.15. The largest absolute Gasteiger partial charge is 0.490 e. The Balaban J connectivity index is 1.75. The topological polar surface area (TPSA) is 21.3 Å². The average molecular weight is 352 g/mol. The van der Waals surface area contributed by atoms with Crippen molar-refractivity contribution in [3.05, 3.63) is 39.9 Å². The van der Waals surface area contributed by atoms with Gasteiger partial charge in [0.2, 0.25) is 0 Å². The highest BCUT2D eigenvalue weighted by atomic mass is 79.9. The van der Waals surface area contributed by atoms with Crippen LogP contribution in [0.3, 0.4) is 0 Å². The summed E-state index contributed by atoms with van der Waals surface area (Å²) < 4.78 is 6.76. The molecular weight excluding hydrogens is 326 g/mol. The molecule has 0 heterocycles. The maximum absolute atomic E-state index is 5.73. The van der Waals surface area contributed by atoms with Gasteiger partial charge >= 0.3 is 0 Å². The molecule has 0 amide bonds. The van der Waals surface area contributed by atoms with Crippen molar-refractivity contribution in [2.75, 3.05) is 6.54 Å². The van der Waals surface area contributed by atoms with E-state index in [4.69, 9.17) is 4.74 Å². The monoisotopic (exact) mass is 351 g/mol. The molecule has 0 bridgehead atoms. The molecule has 2 nitrogen and oxygen atoms in total. The van der Waals surface area contributed by atoms with Gasteiger partial charge < -0.3 is 10.1 Å². The summed E-state index contributed by atoms with van der Waals surface area (Å²) in [5, 5.41) is 3.53. The smallest absolute Gasteiger partial charge is 0.133 e. The summed E-state index contributed by atoms with van der Waals surface area (Å²) in [7, 11) is 0. The molecule has 3 heteroatoms. The number of benzene rings is 1. The maximum Gasteiger partial charge on any atom is 0.133 e. The summed E-state index contributed by atoms with van der Waals surface area (Å²) in [6, 6.07) is 6.32. The third-order valence-corrected chi connectivity index (χ3v) is 4.32. The number of hydrogen-bond acceptors (Lipinski definition) is 2. The van der Waals surface area contributed by atoms with E-state index in [2.05, 4.69) is 39.5 Å². The third kappa shape index (κ3) is 5.84. The van der Waals surface area contributed by atoms with Crippen LogP contribution in [0.2, 0.25) is 0 Å². The van der Waals surface area contributed by atoms with Crippen LogP contribution in [0.25, 0.3) is 0 Å². The average Bonchev–Trinajstić information content (AvgIpc) is 2.47. The van der Waals surface area contributed by atoms with Crippen molar-refractivity contribution in [2.24, 2.45) is 0 Å². The molecule has 1 aliphatic rings. The van der Waals surface area contributed by atoms with Gasteiger partial charge in [-0.2, -0.15) is 0 Å². The number of nitrogens with one attached hydrogen (secondary N) is 1. The summed E-state index contributed by atoms with van der Waals surface area (Å²) >= 11 is 3.59. The molecular formula is C18H26BrNO. The fraction of sp³-hybridized carbons (Fsp3) is 0.556. The number of hydrogen-bond donors (Lipinski definition) is 1. The molecule has 2 rings (SSSR count). The van der Waals surface area contributed by atoms with Gasteiger partial charge in [-0.1, -0.05) is 17.7 Å². The highest BCUT2D eigenvalue weighted by Crippen LogP contribution is 2.27. The first kappa shape index (κ1) is 16.6. The first-order chi connectivity index (χ1) is 10.1. The molecule has 21 heavy (non-hydrogen) atoms. The van der Waals surface area contributed by atoms with Gasteiger partial charge in [-0.15, -0.1) is 0 Å². The Morgan fingerprint density at radius 2 is 2.14 bits per heavy atom. The van der Waals surface area contributed by atoms with Gasteiger partial charge in [-0.25, -0.2) is 0 Å². The van der Waals surface area contributed by atoms with Crippen LogP contribution in [0.1, 0.15) is 51.5 Å².